The highest BCUT2D eigenvalue weighted by Gasteiger charge is 2.22. The van der Waals surface area contributed by atoms with Gasteiger partial charge < -0.3 is 25.4 Å². The molecule has 9 heteroatoms. The highest BCUT2D eigenvalue weighted by Crippen LogP contribution is 2.27. The summed E-state index contributed by atoms with van der Waals surface area (Å²) < 4.78 is 11.1. The molecule has 1 aromatic carbocycles. The lowest BCUT2D eigenvalue weighted by Gasteiger charge is -2.32. The minimum atomic E-state index is 0. The molecule has 27 heavy (non-hydrogen) atoms. The van der Waals surface area contributed by atoms with Crippen LogP contribution in [0, 0.1) is 0 Å². The van der Waals surface area contributed by atoms with E-state index in [-0.39, 0.29) is 36.8 Å². The van der Waals surface area contributed by atoms with Crippen LogP contribution in [0.25, 0.3) is 0 Å². The molecule has 1 aliphatic rings. The van der Waals surface area contributed by atoms with Gasteiger partial charge in [0.15, 0.2) is 0 Å². The summed E-state index contributed by atoms with van der Waals surface area (Å²) in [6.07, 6.45) is 3.37. The van der Waals surface area contributed by atoms with Crippen LogP contribution in [-0.4, -0.2) is 56.8 Å². The van der Waals surface area contributed by atoms with Crippen molar-refractivity contribution in [3.05, 3.63) is 23.2 Å². The van der Waals surface area contributed by atoms with Gasteiger partial charge in [0.1, 0.15) is 5.75 Å². The van der Waals surface area contributed by atoms with E-state index in [4.69, 9.17) is 26.8 Å². The predicted octanol–water partition coefficient (Wildman–Crippen LogP) is 3.35. The predicted molar refractivity (Wildman–Crippen MR) is 115 cm³/mol. The van der Waals surface area contributed by atoms with E-state index in [2.05, 4.69) is 5.32 Å². The SMILES string of the molecule is COc1ccc(Cl)cc1NCCC(=O)N1CCC(OCCCN)CC1.Cl.Cl. The number of methoxy groups -OCH3 is 1. The Labute approximate surface area is 178 Å². The maximum absolute atomic E-state index is 12.3. The quantitative estimate of drug-likeness (QED) is 0.574. The van der Waals surface area contributed by atoms with Crippen molar-refractivity contribution in [2.24, 2.45) is 5.73 Å². The lowest BCUT2D eigenvalue weighted by Crippen LogP contribution is -2.41. The number of likely N-dealkylation sites (tertiary alicyclic amines) is 1. The first-order chi connectivity index (χ1) is 12.1. The standard InChI is InChI=1S/C18H28ClN3O3.2ClH/c1-24-17-4-3-14(19)13-16(17)21-9-5-18(23)22-10-6-15(7-11-22)25-12-2-8-20;;/h3-4,13,15,21H,2,5-12,20H2,1H3;2*1H. The largest absolute Gasteiger partial charge is 0.495 e. The van der Waals surface area contributed by atoms with E-state index in [0.717, 1.165) is 38.0 Å². The Hall–Kier alpha value is -0.920. The Morgan fingerprint density at radius 3 is 2.67 bits per heavy atom. The van der Waals surface area contributed by atoms with E-state index < -0.39 is 0 Å². The normalized spacial score (nSPS) is 14.1. The van der Waals surface area contributed by atoms with Crippen molar-refractivity contribution in [1.82, 2.24) is 4.90 Å². The Kier molecular flexibility index (Phi) is 13.6. The fourth-order valence-corrected chi connectivity index (χ4v) is 3.06. The maximum atomic E-state index is 12.3. The van der Waals surface area contributed by atoms with Gasteiger partial charge in [0.05, 0.1) is 18.9 Å². The van der Waals surface area contributed by atoms with Crippen molar-refractivity contribution >= 4 is 48.0 Å². The molecule has 1 aromatic rings. The van der Waals surface area contributed by atoms with E-state index in [1.54, 1.807) is 19.2 Å². The van der Waals surface area contributed by atoms with E-state index >= 15 is 0 Å². The smallest absolute Gasteiger partial charge is 0.224 e. The van der Waals surface area contributed by atoms with Crippen LogP contribution in [0.4, 0.5) is 5.69 Å². The molecule has 0 bridgehead atoms. The topological polar surface area (TPSA) is 76.8 Å². The van der Waals surface area contributed by atoms with E-state index in [1.165, 1.54) is 0 Å². The highest BCUT2D eigenvalue weighted by atomic mass is 35.5. The number of hydrogen-bond acceptors (Lipinski definition) is 5. The molecule has 0 atom stereocenters. The number of carbonyl (C=O) groups is 1. The van der Waals surface area contributed by atoms with Gasteiger partial charge in [-0.15, -0.1) is 24.8 Å². The van der Waals surface area contributed by atoms with Gasteiger partial charge in [0.25, 0.3) is 0 Å². The van der Waals surface area contributed by atoms with E-state index in [9.17, 15) is 4.79 Å². The van der Waals surface area contributed by atoms with Crippen LogP contribution in [0.15, 0.2) is 18.2 Å². The van der Waals surface area contributed by atoms with Crippen LogP contribution in [0.2, 0.25) is 5.02 Å². The van der Waals surface area contributed by atoms with Crippen molar-refractivity contribution in [2.75, 3.05) is 45.2 Å². The number of carbonyl (C=O) groups excluding carboxylic acids is 1. The third kappa shape index (κ3) is 8.75. The number of benzene rings is 1. The van der Waals surface area contributed by atoms with Crippen LogP contribution in [0.5, 0.6) is 5.75 Å². The van der Waals surface area contributed by atoms with Gasteiger partial charge >= 0.3 is 0 Å². The second-order valence-electron chi connectivity index (χ2n) is 6.11. The van der Waals surface area contributed by atoms with E-state index in [1.807, 2.05) is 11.0 Å². The second kappa shape index (κ2) is 14.1. The molecule has 3 N–H and O–H groups in total. The Morgan fingerprint density at radius 1 is 1.33 bits per heavy atom. The van der Waals surface area contributed by atoms with Crippen LogP contribution in [0.3, 0.4) is 0 Å². The number of halogens is 3. The average Bonchev–Trinajstić information content (AvgIpc) is 2.62. The van der Waals surface area contributed by atoms with Crippen molar-refractivity contribution in [2.45, 2.75) is 31.8 Å². The highest BCUT2D eigenvalue weighted by molar-refractivity contribution is 6.30. The zero-order valence-corrected chi connectivity index (χ0v) is 18.0. The summed E-state index contributed by atoms with van der Waals surface area (Å²) >= 11 is 6.01. The Bertz CT molecular complexity index is 556. The summed E-state index contributed by atoms with van der Waals surface area (Å²) in [5.74, 6) is 0.876. The molecule has 6 nitrogen and oxygen atoms in total. The van der Waals surface area contributed by atoms with Gasteiger partial charge in [-0.2, -0.15) is 0 Å². The molecule has 1 amide bonds. The van der Waals surface area contributed by atoms with Gasteiger partial charge in [-0.1, -0.05) is 11.6 Å². The zero-order chi connectivity index (χ0) is 18.1. The van der Waals surface area contributed by atoms with Gasteiger partial charge in [-0.3, -0.25) is 4.79 Å². The number of piperidine rings is 1. The van der Waals surface area contributed by atoms with Gasteiger partial charge in [0.2, 0.25) is 5.91 Å². The summed E-state index contributed by atoms with van der Waals surface area (Å²) in [5, 5.41) is 3.86. The molecule has 0 aliphatic carbocycles. The monoisotopic (exact) mass is 441 g/mol. The fourth-order valence-electron chi connectivity index (χ4n) is 2.89. The lowest BCUT2D eigenvalue weighted by molar-refractivity contribution is -0.133. The second-order valence-corrected chi connectivity index (χ2v) is 6.55. The molecule has 0 spiro atoms. The van der Waals surface area contributed by atoms with Crippen LogP contribution >= 0.6 is 36.4 Å². The molecule has 156 valence electrons. The summed E-state index contributed by atoms with van der Waals surface area (Å²) in [6.45, 7) is 3.42. The molecule has 1 aliphatic heterocycles. The van der Waals surface area contributed by atoms with Crippen molar-refractivity contribution in [3.8, 4) is 5.75 Å². The van der Waals surface area contributed by atoms with Crippen molar-refractivity contribution < 1.29 is 14.3 Å². The first-order valence-corrected chi connectivity index (χ1v) is 9.18. The number of anilines is 1. The maximum Gasteiger partial charge on any atom is 0.224 e. The number of rotatable bonds is 9. The van der Waals surface area contributed by atoms with Gasteiger partial charge in [-0.25, -0.2) is 0 Å². The number of ether oxygens (including phenoxy) is 2. The summed E-state index contributed by atoms with van der Waals surface area (Å²) in [7, 11) is 1.61. The Morgan fingerprint density at radius 2 is 2.04 bits per heavy atom. The summed E-state index contributed by atoms with van der Waals surface area (Å²) in [6, 6.07) is 5.38. The molecule has 1 fully saturated rings. The third-order valence-corrected chi connectivity index (χ3v) is 4.55. The summed E-state index contributed by atoms with van der Waals surface area (Å²) in [4.78, 5) is 14.3. The van der Waals surface area contributed by atoms with E-state index in [0.29, 0.717) is 36.9 Å². The molecular weight excluding hydrogens is 413 g/mol. The van der Waals surface area contributed by atoms with Crippen LogP contribution in [-0.2, 0) is 9.53 Å². The van der Waals surface area contributed by atoms with Crippen LogP contribution in [0.1, 0.15) is 25.7 Å². The van der Waals surface area contributed by atoms with Gasteiger partial charge in [0, 0.05) is 37.7 Å². The molecule has 0 aromatic heterocycles. The first kappa shape index (κ1) is 26.1. The summed E-state index contributed by atoms with van der Waals surface area (Å²) in [5.41, 5.74) is 6.27. The number of hydrogen-bond donors (Lipinski definition) is 2. The minimum absolute atomic E-state index is 0. The zero-order valence-electron chi connectivity index (χ0n) is 15.6. The number of nitrogens with one attached hydrogen (secondary N) is 1. The molecule has 2 rings (SSSR count). The van der Waals surface area contributed by atoms with Crippen molar-refractivity contribution in [3.63, 3.8) is 0 Å². The minimum Gasteiger partial charge on any atom is -0.495 e. The third-order valence-electron chi connectivity index (χ3n) is 4.31. The fraction of sp³-hybridized carbons (Fsp3) is 0.611. The Balaban J connectivity index is 0.00000338. The van der Waals surface area contributed by atoms with Gasteiger partial charge in [-0.05, 0) is 44.0 Å². The van der Waals surface area contributed by atoms with Crippen LogP contribution < -0.4 is 15.8 Å². The number of nitrogens with two attached hydrogens (primary N) is 1. The molecule has 0 radical (unpaired) electrons. The molecular formula is C18H30Cl3N3O3. The van der Waals surface area contributed by atoms with Crippen molar-refractivity contribution in [1.29, 1.82) is 0 Å². The molecule has 1 saturated heterocycles. The number of nitrogens with zero attached hydrogens (tertiary/aromatic N) is 1. The number of amides is 1. The lowest BCUT2D eigenvalue weighted by atomic mass is 10.1. The average molecular weight is 443 g/mol. The molecule has 0 saturated carbocycles. The molecule has 0 unspecified atom stereocenters. The first-order valence-electron chi connectivity index (χ1n) is 8.81. The molecule has 1 heterocycles.